The molecule has 1 heterocycles. The van der Waals surface area contributed by atoms with Gasteiger partial charge in [-0.3, -0.25) is 9.59 Å². The van der Waals surface area contributed by atoms with Gasteiger partial charge in [0.2, 0.25) is 11.8 Å². The minimum absolute atomic E-state index is 0.0168. The van der Waals surface area contributed by atoms with Crippen molar-refractivity contribution in [1.82, 2.24) is 9.88 Å². The normalized spacial score (nSPS) is 11.0. The number of ether oxygens (including phenoxy) is 1. The predicted octanol–water partition coefficient (Wildman–Crippen LogP) is 2.83. The molecular formula is C17H22N2O4. The molecule has 0 atom stereocenters. The molecule has 0 aliphatic rings. The molecule has 0 saturated carbocycles. The fourth-order valence-electron chi connectivity index (χ4n) is 2.31. The zero-order valence-electron chi connectivity index (χ0n) is 14.0. The van der Waals surface area contributed by atoms with Crippen molar-refractivity contribution in [1.29, 1.82) is 0 Å². The molecule has 6 nitrogen and oxygen atoms in total. The minimum atomic E-state index is -0.389. The summed E-state index contributed by atoms with van der Waals surface area (Å²) in [5.41, 5.74) is 2.59. The van der Waals surface area contributed by atoms with E-state index in [1.54, 1.807) is 4.90 Å². The van der Waals surface area contributed by atoms with E-state index in [9.17, 15) is 9.59 Å². The number of hydrogen-bond acceptors (Lipinski definition) is 5. The highest BCUT2D eigenvalue weighted by molar-refractivity contribution is 5.81. The van der Waals surface area contributed by atoms with E-state index in [2.05, 4.69) is 9.72 Å². The topological polar surface area (TPSA) is 72.6 Å². The molecule has 0 bridgehead atoms. The van der Waals surface area contributed by atoms with E-state index >= 15 is 0 Å². The highest BCUT2D eigenvalue weighted by Crippen LogP contribution is 2.19. The van der Waals surface area contributed by atoms with Crippen LogP contribution in [0.25, 0.3) is 11.1 Å². The summed E-state index contributed by atoms with van der Waals surface area (Å²) >= 11 is 0. The van der Waals surface area contributed by atoms with Gasteiger partial charge in [0.05, 0.1) is 20.1 Å². The smallest absolute Gasteiger partial charge is 0.306 e. The van der Waals surface area contributed by atoms with Crippen molar-refractivity contribution in [3.8, 4) is 0 Å². The monoisotopic (exact) mass is 318 g/mol. The van der Waals surface area contributed by atoms with Crippen LogP contribution in [0.3, 0.4) is 0 Å². The Balaban J connectivity index is 2.11. The molecule has 2 aromatic rings. The van der Waals surface area contributed by atoms with Crippen LogP contribution in [0.15, 0.2) is 22.6 Å². The van der Waals surface area contributed by atoms with Gasteiger partial charge in [-0.1, -0.05) is 6.07 Å². The average Bonchev–Trinajstić information content (AvgIpc) is 2.91. The first-order valence-corrected chi connectivity index (χ1v) is 7.63. The Morgan fingerprint density at radius 2 is 2.04 bits per heavy atom. The highest BCUT2D eigenvalue weighted by atomic mass is 16.5. The second kappa shape index (κ2) is 7.26. The third-order valence-corrected chi connectivity index (χ3v) is 3.61. The number of carbonyl (C=O) groups excluding carboxylic acids is 2. The van der Waals surface area contributed by atoms with Crippen LogP contribution in [0, 0.1) is 6.92 Å². The molecule has 23 heavy (non-hydrogen) atoms. The van der Waals surface area contributed by atoms with Crippen molar-refractivity contribution in [2.24, 2.45) is 0 Å². The lowest BCUT2D eigenvalue weighted by atomic mass is 10.2. The summed E-state index contributed by atoms with van der Waals surface area (Å²) in [5.74, 6) is -0.0195. The Labute approximate surface area is 135 Å². The molecule has 0 aliphatic heterocycles. The van der Waals surface area contributed by atoms with Gasteiger partial charge in [-0.05, 0) is 38.5 Å². The maximum absolute atomic E-state index is 12.3. The number of hydrogen-bond donors (Lipinski definition) is 0. The van der Waals surface area contributed by atoms with Crippen LogP contribution in [-0.2, 0) is 20.9 Å². The van der Waals surface area contributed by atoms with Crippen molar-refractivity contribution in [3.63, 3.8) is 0 Å². The lowest BCUT2D eigenvalue weighted by Gasteiger charge is -2.25. The number of carbonyl (C=O) groups is 2. The largest absolute Gasteiger partial charge is 0.469 e. The number of methoxy groups -OCH3 is 1. The van der Waals surface area contributed by atoms with E-state index in [1.807, 2.05) is 39.0 Å². The van der Waals surface area contributed by atoms with Crippen molar-refractivity contribution < 1.29 is 18.7 Å². The summed E-state index contributed by atoms with van der Waals surface area (Å²) in [6.07, 6.45) is 0.190. The molecule has 6 heteroatoms. The van der Waals surface area contributed by atoms with Gasteiger partial charge in [0.25, 0.3) is 0 Å². The van der Waals surface area contributed by atoms with Crippen LogP contribution >= 0.6 is 0 Å². The SMILES string of the molecule is COC(=O)CCC(=O)N(Cc1nc2cc(C)ccc2o1)C(C)C. The lowest BCUT2D eigenvalue weighted by Crippen LogP contribution is -2.36. The second-order valence-corrected chi connectivity index (χ2v) is 5.77. The van der Waals surface area contributed by atoms with Crippen molar-refractivity contribution in [2.75, 3.05) is 7.11 Å². The van der Waals surface area contributed by atoms with Crippen LogP contribution < -0.4 is 0 Å². The molecule has 2 rings (SSSR count). The molecule has 0 unspecified atom stereocenters. The molecule has 0 radical (unpaired) electrons. The van der Waals surface area contributed by atoms with Crippen LogP contribution in [0.2, 0.25) is 0 Å². The second-order valence-electron chi connectivity index (χ2n) is 5.77. The number of aryl methyl sites for hydroxylation is 1. The number of nitrogens with zero attached hydrogens (tertiary/aromatic N) is 2. The Hall–Kier alpha value is -2.37. The number of aromatic nitrogens is 1. The fourth-order valence-corrected chi connectivity index (χ4v) is 2.31. The first-order chi connectivity index (χ1) is 10.9. The van der Waals surface area contributed by atoms with Gasteiger partial charge in [-0.25, -0.2) is 4.98 Å². The Kier molecular flexibility index (Phi) is 5.36. The molecule has 0 fully saturated rings. The molecule has 0 N–H and O–H groups in total. The molecule has 0 saturated heterocycles. The van der Waals surface area contributed by atoms with Gasteiger partial charge in [0.15, 0.2) is 5.58 Å². The number of esters is 1. The van der Waals surface area contributed by atoms with E-state index in [0.29, 0.717) is 11.5 Å². The Morgan fingerprint density at radius 3 is 2.70 bits per heavy atom. The van der Waals surface area contributed by atoms with E-state index in [1.165, 1.54) is 7.11 Å². The molecule has 0 spiro atoms. The predicted molar refractivity (Wildman–Crippen MR) is 85.7 cm³/mol. The standard InChI is InChI=1S/C17H22N2O4/c1-11(2)19(16(20)7-8-17(21)22-4)10-15-18-13-9-12(3)5-6-14(13)23-15/h5-6,9,11H,7-8,10H2,1-4H3. The third kappa shape index (κ3) is 4.31. The van der Waals surface area contributed by atoms with Gasteiger partial charge < -0.3 is 14.1 Å². The van der Waals surface area contributed by atoms with Crippen LogP contribution in [0.5, 0.6) is 0 Å². The first-order valence-electron chi connectivity index (χ1n) is 7.63. The average molecular weight is 318 g/mol. The number of fused-ring (bicyclic) bond motifs is 1. The zero-order chi connectivity index (χ0) is 17.0. The molecule has 124 valence electrons. The summed E-state index contributed by atoms with van der Waals surface area (Å²) in [5, 5.41) is 0. The third-order valence-electron chi connectivity index (χ3n) is 3.61. The van der Waals surface area contributed by atoms with Gasteiger partial charge in [0.1, 0.15) is 5.52 Å². The van der Waals surface area contributed by atoms with Crippen LogP contribution in [-0.4, -0.2) is 34.9 Å². The van der Waals surface area contributed by atoms with E-state index in [4.69, 9.17) is 4.42 Å². The summed E-state index contributed by atoms with van der Waals surface area (Å²) in [7, 11) is 1.31. The fraction of sp³-hybridized carbons (Fsp3) is 0.471. The number of benzene rings is 1. The van der Waals surface area contributed by atoms with Crippen LogP contribution in [0.4, 0.5) is 0 Å². The summed E-state index contributed by atoms with van der Waals surface area (Å²) < 4.78 is 10.3. The van der Waals surface area contributed by atoms with E-state index in [-0.39, 0.29) is 37.3 Å². The molecule has 1 aromatic heterocycles. The first kappa shape index (κ1) is 17.0. The van der Waals surface area contributed by atoms with Crippen LogP contribution in [0.1, 0.15) is 38.1 Å². The van der Waals surface area contributed by atoms with Crippen molar-refractivity contribution >= 4 is 23.0 Å². The van der Waals surface area contributed by atoms with Crippen molar-refractivity contribution in [3.05, 3.63) is 29.7 Å². The summed E-state index contributed by atoms with van der Waals surface area (Å²) in [4.78, 5) is 29.6. The van der Waals surface area contributed by atoms with Crippen molar-refractivity contribution in [2.45, 2.75) is 46.2 Å². The molecule has 0 aliphatic carbocycles. The maximum Gasteiger partial charge on any atom is 0.306 e. The Bertz CT molecular complexity index is 706. The number of oxazole rings is 1. The van der Waals surface area contributed by atoms with E-state index < -0.39 is 0 Å². The van der Waals surface area contributed by atoms with Gasteiger partial charge >= 0.3 is 5.97 Å². The lowest BCUT2D eigenvalue weighted by molar-refractivity contribution is -0.144. The van der Waals surface area contributed by atoms with Gasteiger partial charge in [0, 0.05) is 12.5 Å². The zero-order valence-corrected chi connectivity index (χ0v) is 14.0. The van der Waals surface area contributed by atoms with Gasteiger partial charge in [-0.15, -0.1) is 0 Å². The number of amides is 1. The molecule has 1 aromatic carbocycles. The number of rotatable bonds is 6. The Morgan fingerprint density at radius 1 is 1.30 bits per heavy atom. The molecule has 1 amide bonds. The van der Waals surface area contributed by atoms with Gasteiger partial charge in [-0.2, -0.15) is 0 Å². The highest BCUT2D eigenvalue weighted by Gasteiger charge is 2.21. The maximum atomic E-state index is 12.3. The minimum Gasteiger partial charge on any atom is -0.469 e. The quantitative estimate of drug-likeness (QED) is 0.766. The van der Waals surface area contributed by atoms with E-state index in [0.717, 1.165) is 11.1 Å². The molecular weight excluding hydrogens is 296 g/mol. The summed E-state index contributed by atoms with van der Waals surface area (Å²) in [6, 6.07) is 5.76. The summed E-state index contributed by atoms with van der Waals surface area (Å²) in [6.45, 7) is 6.11.